The minimum Gasteiger partial charge on any atom is -0.497 e. The SMILES string of the molecule is CCOC(=O)CNC(=O)N1CCCC(N2CCN(c3ccc(OC)cc3)CC2)C1. The van der Waals surface area contributed by atoms with Crippen molar-refractivity contribution in [1.29, 1.82) is 0 Å². The zero-order valence-corrected chi connectivity index (χ0v) is 17.4. The van der Waals surface area contributed by atoms with E-state index in [1.165, 1.54) is 5.69 Å². The number of amides is 2. The number of piperazine rings is 1. The van der Waals surface area contributed by atoms with E-state index in [2.05, 4.69) is 27.2 Å². The van der Waals surface area contributed by atoms with Gasteiger partial charge in [0.15, 0.2) is 0 Å². The van der Waals surface area contributed by atoms with Crippen LogP contribution >= 0.6 is 0 Å². The monoisotopic (exact) mass is 404 g/mol. The zero-order valence-electron chi connectivity index (χ0n) is 17.4. The van der Waals surface area contributed by atoms with Crippen molar-refractivity contribution in [2.75, 3.05) is 64.4 Å². The molecule has 1 unspecified atom stereocenters. The number of carbonyl (C=O) groups excluding carboxylic acids is 2. The molecule has 2 saturated heterocycles. The summed E-state index contributed by atoms with van der Waals surface area (Å²) in [5.74, 6) is 0.472. The molecule has 1 aromatic rings. The highest BCUT2D eigenvalue weighted by Gasteiger charge is 2.30. The zero-order chi connectivity index (χ0) is 20.6. The standard InChI is InChI=1S/C21H32N4O4/c1-3-29-20(26)15-22-21(27)25-10-4-5-18(16-25)24-13-11-23(12-14-24)17-6-8-19(28-2)9-7-17/h6-9,18H,3-5,10-16H2,1-2H3,(H,22,27). The Morgan fingerprint density at radius 3 is 2.48 bits per heavy atom. The summed E-state index contributed by atoms with van der Waals surface area (Å²) in [7, 11) is 1.68. The van der Waals surface area contributed by atoms with E-state index in [1.54, 1.807) is 14.0 Å². The number of piperidine rings is 1. The molecule has 0 aliphatic carbocycles. The minimum absolute atomic E-state index is 0.0750. The molecule has 29 heavy (non-hydrogen) atoms. The third kappa shape index (κ3) is 5.76. The van der Waals surface area contributed by atoms with Crippen molar-refractivity contribution in [1.82, 2.24) is 15.1 Å². The van der Waals surface area contributed by atoms with Gasteiger partial charge in [0.1, 0.15) is 12.3 Å². The van der Waals surface area contributed by atoms with Crippen LogP contribution in [0.3, 0.4) is 0 Å². The molecular weight excluding hydrogens is 372 g/mol. The van der Waals surface area contributed by atoms with Crippen LogP contribution in [0.1, 0.15) is 19.8 Å². The predicted molar refractivity (Wildman–Crippen MR) is 111 cm³/mol. The van der Waals surface area contributed by atoms with Crippen LogP contribution in [-0.2, 0) is 9.53 Å². The fourth-order valence-electron chi connectivity index (χ4n) is 4.05. The second-order valence-electron chi connectivity index (χ2n) is 7.43. The van der Waals surface area contributed by atoms with E-state index in [0.717, 1.165) is 51.3 Å². The van der Waals surface area contributed by atoms with Crippen molar-refractivity contribution in [3.05, 3.63) is 24.3 Å². The molecule has 3 rings (SSSR count). The number of esters is 1. The van der Waals surface area contributed by atoms with Gasteiger partial charge in [-0.25, -0.2) is 4.79 Å². The number of methoxy groups -OCH3 is 1. The van der Waals surface area contributed by atoms with E-state index in [0.29, 0.717) is 19.2 Å². The highest BCUT2D eigenvalue weighted by Crippen LogP contribution is 2.23. The van der Waals surface area contributed by atoms with Crippen LogP contribution in [0, 0.1) is 0 Å². The summed E-state index contributed by atoms with van der Waals surface area (Å²) in [5, 5.41) is 2.67. The topological polar surface area (TPSA) is 74.4 Å². The van der Waals surface area contributed by atoms with E-state index in [9.17, 15) is 9.59 Å². The van der Waals surface area contributed by atoms with Gasteiger partial charge in [0, 0.05) is 51.0 Å². The lowest BCUT2D eigenvalue weighted by molar-refractivity contribution is -0.141. The average molecular weight is 405 g/mol. The van der Waals surface area contributed by atoms with Crippen molar-refractivity contribution in [3.8, 4) is 5.75 Å². The normalized spacial score (nSPS) is 20.3. The second-order valence-corrected chi connectivity index (χ2v) is 7.43. The number of hydrogen-bond donors (Lipinski definition) is 1. The Labute approximate surface area is 172 Å². The number of benzene rings is 1. The average Bonchev–Trinajstić information content (AvgIpc) is 2.78. The first-order chi connectivity index (χ1) is 14.1. The number of likely N-dealkylation sites (tertiary alicyclic amines) is 1. The molecule has 0 radical (unpaired) electrons. The number of nitrogens with zero attached hydrogens (tertiary/aromatic N) is 3. The van der Waals surface area contributed by atoms with Gasteiger partial charge in [-0.2, -0.15) is 0 Å². The van der Waals surface area contributed by atoms with Crippen molar-refractivity contribution in [2.45, 2.75) is 25.8 Å². The molecule has 1 N–H and O–H groups in total. The quantitative estimate of drug-likeness (QED) is 0.726. The van der Waals surface area contributed by atoms with Crippen LogP contribution in [0.5, 0.6) is 5.75 Å². The van der Waals surface area contributed by atoms with E-state index in [1.807, 2.05) is 17.0 Å². The first-order valence-corrected chi connectivity index (χ1v) is 10.4. The molecule has 0 saturated carbocycles. The lowest BCUT2D eigenvalue weighted by Gasteiger charge is -2.43. The maximum atomic E-state index is 12.4. The van der Waals surface area contributed by atoms with E-state index >= 15 is 0 Å². The van der Waals surface area contributed by atoms with Gasteiger partial charge in [0.2, 0.25) is 0 Å². The molecule has 2 fully saturated rings. The number of urea groups is 1. The summed E-state index contributed by atoms with van der Waals surface area (Å²) in [6.45, 7) is 7.34. The van der Waals surface area contributed by atoms with Gasteiger partial charge < -0.3 is 24.6 Å². The summed E-state index contributed by atoms with van der Waals surface area (Å²) in [5.41, 5.74) is 1.22. The lowest BCUT2D eigenvalue weighted by atomic mass is 10.0. The van der Waals surface area contributed by atoms with Crippen LogP contribution in [0.15, 0.2) is 24.3 Å². The lowest BCUT2D eigenvalue weighted by Crippen LogP contribution is -2.57. The fraction of sp³-hybridized carbons (Fsp3) is 0.619. The smallest absolute Gasteiger partial charge is 0.325 e. The summed E-state index contributed by atoms with van der Waals surface area (Å²) < 4.78 is 10.1. The highest BCUT2D eigenvalue weighted by atomic mass is 16.5. The maximum Gasteiger partial charge on any atom is 0.325 e. The molecule has 2 heterocycles. The fourth-order valence-corrected chi connectivity index (χ4v) is 4.05. The van der Waals surface area contributed by atoms with Gasteiger partial charge in [-0.3, -0.25) is 9.69 Å². The van der Waals surface area contributed by atoms with Gasteiger partial charge in [-0.05, 0) is 44.0 Å². The van der Waals surface area contributed by atoms with Gasteiger partial charge in [0.25, 0.3) is 0 Å². The number of nitrogens with one attached hydrogen (secondary N) is 1. The van der Waals surface area contributed by atoms with Crippen molar-refractivity contribution in [2.24, 2.45) is 0 Å². The largest absolute Gasteiger partial charge is 0.497 e. The van der Waals surface area contributed by atoms with Gasteiger partial charge in [-0.1, -0.05) is 0 Å². The van der Waals surface area contributed by atoms with Gasteiger partial charge >= 0.3 is 12.0 Å². The third-order valence-corrected chi connectivity index (χ3v) is 5.64. The summed E-state index contributed by atoms with van der Waals surface area (Å²) in [6.07, 6.45) is 2.08. The molecule has 160 valence electrons. The molecule has 0 spiro atoms. The van der Waals surface area contributed by atoms with Gasteiger partial charge in [0.05, 0.1) is 13.7 Å². The number of anilines is 1. The first-order valence-electron chi connectivity index (χ1n) is 10.4. The summed E-state index contributed by atoms with van der Waals surface area (Å²) >= 11 is 0. The molecular formula is C21H32N4O4. The van der Waals surface area contributed by atoms with Crippen molar-refractivity contribution < 1.29 is 19.1 Å². The molecule has 1 aromatic carbocycles. The molecule has 1 atom stereocenters. The highest BCUT2D eigenvalue weighted by molar-refractivity contribution is 5.80. The molecule has 8 heteroatoms. The van der Waals surface area contributed by atoms with Crippen LogP contribution in [0.4, 0.5) is 10.5 Å². The molecule has 2 aliphatic heterocycles. The van der Waals surface area contributed by atoms with Crippen molar-refractivity contribution >= 4 is 17.7 Å². The minimum atomic E-state index is -0.399. The number of carbonyl (C=O) groups is 2. The maximum absolute atomic E-state index is 12.4. The molecule has 0 bridgehead atoms. The Kier molecular flexibility index (Phi) is 7.57. The van der Waals surface area contributed by atoms with Crippen LogP contribution in [-0.4, -0.2) is 87.4 Å². The third-order valence-electron chi connectivity index (χ3n) is 5.64. The van der Waals surface area contributed by atoms with E-state index in [4.69, 9.17) is 9.47 Å². The Bertz CT molecular complexity index is 674. The van der Waals surface area contributed by atoms with Crippen molar-refractivity contribution in [3.63, 3.8) is 0 Å². The number of rotatable bonds is 6. The number of ether oxygens (including phenoxy) is 2. The Hall–Kier alpha value is -2.48. The molecule has 2 aliphatic rings. The van der Waals surface area contributed by atoms with E-state index < -0.39 is 5.97 Å². The van der Waals surface area contributed by atoms with Crippen LogP contribution in [0.2, 0.25) is 0 Å². The predicted octanol–water partition coefficient (Wildman–Crippen LogP) is 1.55. The van der Waals surface area contributed by atoms with Gasteiger partial charge in [-0.15, -0.1) is 0 Å². The van der Waals surface area contributed by atoms with Crippen LogP contribution in [0.25, 0.3) is 0 Å². The Morgan fingerprint density at radius 1 is 1.10 bits per heavy atom. The molecule has 8 nitrogen and oxygen atoms in total. The Morgan fingerprint density at radius 2 is 1.83 bits per heavy atom. The first kappa shape index (κ1) is 21.2. The Balaban J connectivity index is 1.46. The molecule has 0 aromatic heterocycles. The number of hydrogen-bond acceptors (Lipinski definition) is 6. The molecule has 2 amide bonds. The second kappa shape index (κ2) is 10.3. The van der Waals surface area contributed by atoms with E-state index in [-0.39, 0.29) is 12.6 Å². The summed E-state index contributed by atoms with van der Waals surface area (Å²) in [4.78, 5) is 30.5. The summed E-state index contributed by atoms with van der Waals surface area (Å²) in [6, 6.07) is 8.38. The van der Waals surface area contributed by atoms with Crippen LogP contribution < -0.4 is 15.0 Å².